The fourth-order valence-corrected chi connectivity index (χ4v) is 3.82. The Morgan fingerprint density at radius 2 is 1.90 bits per heavy atom. The third kappa shape index (κ3) is 3.76. The summed E-state index contributed by atoms with van der Waals surface area (Å²) in [5, 5.41) is 19.7. The molecule has 0 unspecified atom stereocenters. The number of carbonyl (C=O) groups is 3. The highest BCUT2D eigenvalue weighted by molar-refractivity contribution is 7.15. The van der Waals surface area contributed by atoms with Gasteiger partial charge in [0, 0.05) is 11.1 Å². The van der Waals surface area contributed by atoms with Crippen LogP contribution in [-0.4, -0.2) is 32.9 Å². The van der Waals surface area contributed by atoms with Crippen LogP contribution in [0.5, 0.6) is 0 Å². The molecule has 0 spiro atoms. The van der Waals surface area contributed by atoms with Crippen molar-refractivity contribution in [3.05, 3.63) is 78.8 Å². The van der Waals surface area contributed by atoms with Gasteiger partial charge in [-0.1, -0.05) is 22.9 Å². The van der Waals surface area contributed by atoms with Gasteiger partial charge < -0.3 is 4.74 Å². The molecule has 1 aromatic heterocycles. The maximum Gasteiger partial charge on any atom is 0.338 e. The van der Waals surface area contributed by atoms with Crippen molar-refractivity contribution in [3.8, 4) is 0 Å². The number of hydrogen-bond acceptors (Lipinski definition) is 9. The molecule has 1 aliphatic rings. The normalized spacial score (nSPS) is 12.8. The minimum atomic E-state index is -0.808. The van der Waals surface area contributed by atoms with Crippen molar-refractivity contribution < 1.29 is 24.0 Å². The number of fused-ring (bicyclic) bond motifs is 1. The van der Waals surface area contributed by atoms with Gasteiger partial charge in [-0.2, -0.15) is 0 Å². The van der Waals surface area contributed by atoms with Crippen LogP contribution in [-0.2, 0) is 11.3 Å². The molecule has 3 aromatic rings. The van der Waals surface area contributed by atoms with Gasteiger partial charge >= 0.3 is 5.97 Å². The third-order valence-corrected chi connectivity index (χ3v) is 5.49. The number of esters is 1. The number of aromatic nitrogens is 2. The summed E-state index contributed by atoms with van der Waals surface area (Å²) in [6.07, 6.45) is 0. The van der Waals surface area contributed by atoms with Crippen LogP contribution in [0.25, 0.3) is 0 Å². The first kappa shape index (κ1) is 20.6. The van der Waals surface area contributed by atoms with Crippen molar-refractivity contribution in [2.75, 3.05) is 4.90 Å². The van der Waals surface area contributed by atoms with Crippen LogP contribution in [0.4, 0.5) is 10.8 Å². The number of carbonyl (C=O) groups excluding carboxylic acids is 3. The van der Waals surface area contributed by atoms with E-state index in [0.29, 0.717) is 5.01 Å². The standard InChI is InChI=1S/C19H11ClN4O6S/c1-9-21-22-19(31-9)23-16(25)13-5-3-10(6-14(13)17(23)26)18(27)30-8-11-2-4-12(20)7-15(11)24(28)29/h2-7H,8H2,1H3. The molecule has 0 radical (unpaired) electrons. The van der Waals surface area contributed by atoms with E-state index in [0.717, 1.165) is 22.3 Å². The zero-order valence-corrected chi connectivity index (χ0v) is 17.3. The van der Waals surface area contributed by atoms with Crippen LogP contribution in [0.2, 0.25) is 5.02 Å². The first-order valence-corrected chi connectivity index (χ1v) is 9.88. The van der Waals surface area contributed by atoms with Crippen molar-refractivity contribution >= 4 is 51.5 Å². The van der Waals surface area contributed by atoms with Crippen LogP contribution in [0, 0.1) is 17.0 Å². The summed E-state index contributed by atoms with van der Waals surface area (Å²) < 4.78 is 5.16. The number of nitro benzene ring substituents is 1. The maximum absolute atomic E-state index is 12.7. The third-order valence-electron chi connectivity index (χ3n) is 4.43. The minimum absolute atomic E-state index is 0.0202. The average Bonchev–Trinajstić information content (AvgIpc) is 3.27. The number of amides is 2. The molecule has 0 saturated carbocycles. The van der Waals surface area contributed by atoms with Crippen LogP contribution < -0.4 is 4.90 Å². The number of nitro groups is 1. The van der Waals surface area contributed by atoms with E-state index in [1.54, 1.807) is 6.92 Å². The number of rotatable bonds is 5. The highest BCUT2D eigenvalue weighted by atomic mass is 35.5. The lowest BCUT2D eigenvalue weighted by atomic mass is 10.1. The Bertz CT molecular complexity index is 1270. The van der Waals surface area contributed by atoms with Crippen LogP contribution >= 0.6 is 22.9 Å². The molecule has 0 aliphatic carbocycles. The van der Waals surface area contributed by atoms with Crippen LogP contribution in [0.3, 0.4) is 0 Å². The summed E-state index contributed by atoms with van der Waals surface area (Å²) in [5.74, 6) is -2.00. The zero-order valence-electron chi connectivity index (χ0n) is 15.7. The van der Waals surface area contributed by atoms with Crippen molar-refractivity contribution in [1.29, 1.82) is 0 Å². The van der Waals surface area contributed by atoms with E-state index in [9.17, 15) is 24.5 Å². The number of nitrogens with zero attached hydrogens (tertiary/aromatic N) is 4. The lowest BCUT2D eigenvalue weighted by molar-refractivity contribution is -0.385. The number of halogens is 1. The van der Waals surface area contributed by atoms with Gasteiger partial charge in [0.1, 0.15) is 11.6 Å². The minimum Gasteiger partial charge on any atom is -0.457 e. The van der Waals surface area contributed by atoms with Gasteiger partial charge in [-0.15, -0.1) is 10.2 Å². The molecular weight excluding hydrogens is 448 g/mol. The second-order valence-corrected chi connectivity index (χ2v) is 8.01. The first-order valence-electron chi connectivity index (χ1n) is 8.69. The Balaban J connectivity index is 1.55. The lowest BCUT2D eigenvalue weighted by Gasteiger charge is -2.07. The van der Waals surface area contributed by atoms with E-state index in [1.807, 2.05) is 0 Å². The Hall–Kier alpha value is -3.70. The lowest BCUT2D eigenvalue weighted by Crippen LogP contribution is -2.29. The predicted octanol–water partition coefficient (Wildman–Crippen LogP) is 3.57. The Labute approximate surface area is 183 Å². The van der Waals surface area contributed by atoms with Gasteiger partial charge in [-0.05, 0) is 37.3 Å². The van der Waals surface area contributed by atoms with Crippen molar-refractivity contribution in [2.24, 2.45) is 0 Å². The summed E-state index contributed by atoms with van der Waals surface area (Å²) in [4.78, 5) is 49.2. The molecule has 2 aromatic carbocycles. The quantitative estimate of drug-likeness (QED) is 0.245. The van der Waals surface area contributed by atoms with Gasteiger partial charge in [0.2, 0.25) is 5.13 Å². The molecule has 31 heavy (non-hydrogen) atoms. The largest absolute Gasteiger partial charge is 0.457 e. The zero-order chi connectivity index (χ0) is 22.3. The van der Waals surface area contributed by atoms with Crippen LogP contribution in [0.15, 0.2) is 36.4 Å². The molecule has 1 aliphatic heterocycles. The van der Waals surface area contributed by atoms with Crippen molar-refractivity contribution in [2.45, 2.75) is 13.5 Å². The van der Waals surface area contributed by atoms with Gasteiger partial charge in [0.25, 0.3) is 17.5 Å². The number of imide groups is 1. The second kappa shape index (κ2) is 7.85. The van der Waals surface area contributed by atoms with Gasteiger partial charge in [-0.25, -0.2) is 9.69 Å². The summed E-state index contributed by atoms with van der Waals surface area (Å²) >= 11 is 6.86. The van der Waals surface area contributed by atoms with Crippen LogP contribution in [0.1, 0.15) is 41.6 Å². The Kier molecular flexibility index (Phi) is 5.21. The molecule has 0 bridgehead atoms. The molecule has 156 valence electrons. The molecule has 0 saturated heterocycles. The summed E-state index contributed by atoms with van der Waals surface area (Å²) in [7, 11) is 0. The molecule has 0 N–H and O–H groups in total. The number of hydrogen-bond donors (Lipinski definition) is 0. The van der Waals surface area contributed by atoms with E-state index in [-0.39, 0.29) is 44.7 Å². The number of ether oxygens (including phenoxy) is 1. The monoisotopic (exact) mass is 458 g/mol. The van der Waals surface area contributed by atoms with Gasteiger partial charge in [-0.3, -0.25) is 19.7 Å². The predicted molar refractivity (Wildman–Crippen MR) is 109 cm³/mol. The Morgan fingerprint density at radius 1 is 1.16 bits per heavy atom. The highest BCUT2D eigenvalue weighted by Crippen LogP contribution is 2.31. The SMILES string of the molecule is Cc1nnc(N2C(=O)c3ccc(C(=O)OCc4ccc(Cl)cc4[N+](=O)[O-])cc3C2=O)s1. The fraction of sp³-hybridized carbons (Fsp3) is 0.105. The average molecular weight is 459 g/mol. The molecule has 2 amide bonds. The summed E-state index contributed by atoms with van der Waals surface area (Å²) in [6, 6.07) is 7.94. The van der Waals surface area contributed by atoms with Gasteiger partial charge in [0.05, 0.1) is 27.2 Å². The van der Waals surface area contributed by atoms with E-state index >= 15 is 0 Å². The van der Waals surface area contributed by atoms with E-state index in [2.05, 4.69) is 10.2 Å². The number of aryl methyl sites for hydroxylation is 1. The number of benzene rings is 2. The van der Waals surface area contributed by atoms with E-state index < -0.39 is 22.7 Å². The molecule has 4 rings (SSSR count). The maximum atomic E-state index is 12.7. The van der Waals surface area contributed by atoms with Crippen molar-refractivity contribution in [3.63, 3.8) is 0 Å². The fourth-order valence-electron chi connectivity index (χ4n) is 2.97. The molecule has 12 heteroatoms. The van der Waals surface area contributed by atoms with E-state index in [1.165, 1.54) is 30.3 Å². The molecule has 2 heterocycles. The topological polar surface area (TPSA) is 133 Å². The molecule has 0 fully saturated rings. The molecule has 10 nitrogen and oxygen atoms in total. The second-order valence-electron chi connectivity index (χ2n) is 6.42. The van der Waals surface area contributed by atoms with E-state index in [4.69, 9.17) is 16.3 Å². The van der Waals surface area contributed by atoms with Crippen molar-refractivity contribution in [1.82, 2.24) is 10.2 Å². The number of anilines is 1. The smallest absolute Gasteiger partial charge is 0.338 e. The van der Waals surface area contributed by atoms with Gasteiger partial charge in [0.15, 0.2) is 0 Å². The first-order chi connectivity index (χ1) is 14.8. The Morgan fingerprint density at radius 3 is 2.58 bits per heavy atom. The molecular formula is C19H11ClN4O6S. The summed E-state index contributed by atoms with van der Waals surface area (Å²) in [5.41, 5.74) is 0.0605. The summed E-state index contributed by atoms with van der Waals surface area (Å²) in [6.45, 7) is 1.32. The molecule has 0 atom stereocenters. The highest BCUT2D eigenvalue weighted by Gasteiger charge is 2.39.